The van der Waals surface area contributed by atoms with Crippen LogP contribution in [0, 0.1) is 0 Å². The molecule has 6 heteroatoms. The number of ether oxygens (including phenoxy) is 1. The van der Waals surface area contributed by atoms with Gasteiger partial charge in [-0.25, -0.2) is 4.52 Å². The molecule has 80 valence electrons. The Kier molecular flexibility index (Phi) is 4.09. The molecule has 0 aliphatic heterocycles. The van der Waals surface area contributed by atoms with Gasteiger partial charge in [0.25, 0.3) is 0 Å². The first-order chi connectivity index (χ1) is 7.13. The molecule has 0 amide bonds. The van der Waals surface area contributed by atoms with Gasteiger partial charge in [-0.1, -0.05) is 6.07 Å². The summed E-state index contributed by atoms with van der Waals surface area (Å²) in [5.74, 6) is 0.356. The van der Waals surface area contributed by atoms with Crippen LogP contribution >= 0.6 is 8.25 Å². The predicted molar refractivity (Wildman–Crippen MR) is 54.6 cm³/mol. The zero-order valence-corrected chi connectivity index (χ0v) is 8.85. The molecule has 2 N–H and O–H groups in total. The van der Waals surface area contributed by atoms with Gasteiger partial charge < -0.3 is 9.84 Å². The van der Waals surface area contributed by atoms with Crippen molar-refractivity contribution in [1.29, 1.82) is 0 Å². The minimum atomic E-state index is -2.63. The molecule has 0 bridgehead atoms. The van der Waals surface area contributed by atoms with Crippen LogP contribution in [-0.4, -0.2) is 17.1 Å². The molecule has 1 rings (SSSR count). The fourth-order valence-corrected chi connectivity index (χ4v) is 1.12. The van der Waals surface area contributed by atoms with Crippen molar-refractivity contribution in [2.24, 2.45) is 0 Å². The van der Waals surface area contributed by atoms with Crippen molar-refractivity contribution in [2.75, 3.05) is 7.11 Å². The molecule has 0 aromatic heterocycles. The zero-order chi connectivity index (χ0) is 11.3. The van der Waals surface area contributed by atoms with E-state index < -0.39 is 8.25 Å². The van der Waals surface area contributed by atoms with Gasteiger partial charge in [-0.3, -0.25) is 0 Å². The highest BCUT2D eigenvalue weighted by Gasteiger charge is 2.07. The Morgan fingerprint density at radius 2 is 2.20 bits per heavy atom. The quantitative estimate of drug-likeness (QED) is 0.610. The topological polar surface area (TPSA) is 76.0 Å². The van der Waals surface area contributed by atoms with Crippen molar-refractivity contribution < 1.29 is 23.8 Å². The first-order valence-corrected chi connectivity index (χ1v) is 5.13. The van der Waals surface area contributed by atoms with Crippen molar-refractivity contribution in [2.45, 2.75) is 0 Å². The number of hydrogen-bond acceptors (Lipinski definition) is 4. The Labute approximate surface area is 87.5 Å². The Hall–Kier alpha value is -1.58. The third-order valence-electron chi connectivity index (χ3n) is 1.62. The fourth-order valence-electron chi connectivity index (χ4n) is 0.959. The first kappa shape index (κ1) is 11.5. The lowest BCUT2D eigenvalue weighted by atomic mass is 10.2. The summed E-state index contributed by atoms with van der Waals surface area (Å²) in [7, 11) is -1.20. The van der Waals surface area contributed by atoms with Gasteiger partial charge in [0, 0.05) is 4.57 Å². The third-order valence-corrected chi connectivity index (χ3v) is 1.92. The SMILES string of the molecule is COc1cc(/C=C/O[P+](=O)O)ccc1O. The standard InChI is InChI=1S/C9H9O5P/c1-13-9-6-7(2-3-8(9)10)4-5-14-15(11)12/h2-6H,1H3,(H-,10,11,12)/p+1/b5-4+. The number of rotatable bonds is 4. The van der Waals surface area contributed by atoms with E-state index in [9.17, 15) is 9.67 Å². The van der Waals surface area contributed by atoms with Gasteiger partial charge >= 0.3 is 8.25 Å². The smallest absolute Gasteiger partial charge is 0.504 e. The second kappa shape index (κ2) is 5.34. The van der Waals surface area contributed by atoms with Gasteiger partial charge in [0.2, 0.25) is 0 Å². The van der Waals surface area contributed by atoms with Crippen LogP contribution in [0.15, 0.2) is 24.5 Å². The van der Waals surface area contributed by atoms with E-state index >= 15 is 0 Å². The second-order valence-electron chi connectivity index (χ2n) is 2.58. The number of hydrogen-bond donors (Lipinski definition) is 2. The largest absolute Gasteiger partial charge is 0.746 e. The van der Waals surface area contributed by atoms with E-state index in [0.717, 1.165) is 6.26 Å². The molecular weight excluding hydrogens is 219 g/mol. The summed E-state index contributed by atoms with van der Waals surface area (Å²) >= 11 is 0. The molecule has 1 unspecified atom stereocenters. The molecule has 0 saturated carbocycles. The van der Waals surface area contributed by atoms with Crippen LogP contribution in [0.2, 0.25) is 0 Å². The molecular formula is C9H10O5P+. The minimum absolute atomic E-state index is 0.0313. The van der Waals surface area contributed by atoms with Crippen LogP contribution in [0.5, 0.6) is 11.5 Å². The highest BCUT2D eigenvalue weighted by Crippen LogP contribution is 2.27. The van der Waals surface area contributed by atoms with Gasteiger partial charge in [0.05, 0.1) is 7.11 Å². The van der Waals surface area contributed by atoms with E-state index in [2.05, 4.69) is 4.52 Å². The van der Waals surface area contributed by atoms with Gasteiger partial charge in [0.1, 0.15) is 0 Å². The molecule has 0 aliphatic rings. The molecule has 0 saturated heterocycles. The van der Waals surface area contributed by atoms with Crippen molar-refractivity contribution in [3.63, 3.8) is 0 Å². The van der Waals surface area contributed by atoms with E-state index in [1.54, 1.807) is 12.1 Å². The Morgan fingerprint density at radius 1 is 1.47 bits per heavy atom. The summed E-state index contributed by atoms with van der Waals surface area (Å²) in [4.78, 5) is 8.35. The summed E-state index contributed by atoms with van der Waals surface area (Å²) in [5, 5.41) is 9.28. The monoisotopic (exact) mass is 229 g/mol. The molecule has 0 spiro atoms. The van der Waals surface area contributed by atoms with Gasteiger partial charge in [-0.15, -0.1) is 4.89 Å². The lowest BCUT2D eigenvalue weighted by molar-refractivity contribution is 0.373. The summed E-state index contributed by atoms with van der Waals surface area (Å²) in [5.41, 5.74) is 0.682. The molecule has 5 nitrogen and oxygen atoms in total. The Bertz CT molecular complexity index is 388. The van der Waals surface area contributed by atoms with Crippen LogP contribution in [0.4, 0.5) is 0 Å². The van der Waals surface area contributed by atoms with E-state index in [4.69, 9.17) is 9.63 Å². The van der Waals surface area contributed by atoms with Crippen molar-refractivity contribution in [1.82, 2.24) is 0 Å². The molecule has 0 aliphatic carbocycles. The van der Waals surface area contributed by atoms with Crippen molar-refractivity contribution in [3.05, 3.63) is 30.0 Å². The van der Waals surface area contributed by atoms with Gasteiger partial charge in [-0.05, 0) is 23.8 Å². The summed E-state index contributed by atoms with van der Waals surface area (Å²) in [6, 6.07) is 4.64. The number of aromatic hydroxyl groups is 1. The van der Waals surface area contributed by atoms with E-state index in [1.165, 1.54) is 19.3 Å². The maximum atomic E-state index is 10.2. The number of benzene rings is 1. The van der Waals surface area contributed by atoms with E-state index in [-0.39, 0.29) is 5.75 Å². The van der Waals surface area contributed by atoms with Gasteiger partial charge in [0.15, 0.2) is 17.8 Å². The molecule has 0 radical (unpaired) electrons. The Morgan fingerprint density at radius 3 is 2.80 bits per heavy atom. The van der Waals surface area contributed by atoms with Crippen LogP contribution in [0.1, 0.15) is 5.56 Å². The first-order valence-electron chi connectivity index (χ1n) is 4.00. The van der Waals surface area contributed by atoms with Crippen LogP contribution in [-0.2, 0) is 9.09 Å². The Balaban J connectivity index is 2.78. The minimum Gasteiger partial charge on any atom is -0.504 e. The van der Waals surface area contributed by atoms with Gasteiger partial charge in [-0.2, -0.15) is 0 Å². The zero-order valence-electron chi connectivity index (χ0n) is 7.95. The van der Waals surface area contributed by atoms with Crippen LogP contribution in [0.3, 0.4) is 0 Å². The average molecular weight is 229 g/mol. The summed E-state index contributed by atoms with van der Waals surface area (Å²) in [6.45, 7) is 0. The van der Waals surface area contributed by atoms with Crippen molar-refractivity contribution >= 4 is 14.3 Å². The average Bonchev–Trinajstić information content (AvgIpc) is 2.20. The second-order valence-corrected chi connectivity index (χ2v) is 3.26. The molecule has 1 atom stereocenters. The fraction of sp³-hybridized carbons (Fsp3) is 0.111. The molecule has 1 aromatic rings. The van der Waals surface area contributed by atoms with Crippen LogP contribution in [0.25, 0.3) is 6.08 Å². The number of methoxy groups -OCH3 is 1. The summed E-state index contributed by atoms with van der Waals surface area (Å²) in [6.07, 6.45) is 2.58. The lowest BCUT2D eigenvalue weighted by Gasteiger charge is -2.02. The summed E-state index contributed by atoms with van der Waals surface area (Å²) < 4.78 is 19.4. The highest BCUT2D eigenvalue weighted by molar-refractivity contribution is 7.32. The maximum Gasteiger partial charge on any atom is 0.746 e. The maximum absolute atomic E-state index is 10.2. The molecule has 1 aromatic carbocycles. The normalized spacial score (nSPS) is 11.5. The van der Waals surface area contributed by atoms with Crippen molar-refractivity contribution in [3.8, 4) is 11.5 Å². The molecule has 0 fully saturated rings. The van der Waals surface area contributed by atoms with E-state index in [1.807, 2.05) is 0 Å². The highest BCUT2D eigenvalue weighted by atomic mass is 31.1. The van der Waals surface area contributed by atoms with E-state index in [0.29, 0.717) is 11.3 Å². The lowest BCUT2D eigenvalue weighted by Crippen LogP contribution is -1.84. The number of phenolic OH excluding ortho intramolecular Hbond substituents is 1. The number of phenols is 1. The van der Waals surface area contributed by atoms with Crippen LogP contribution < -0.4 is 4.74 Å². The molecule has 0 heterocycles. The molecule has 15 heavy (non-hydrogen) atoms. The predicted octanol–water partition coefficient (Wildman–Crippen LogP) is 2.04. The third kappa shape index (κ3) is 3.58.